The van der Waals surface area contributed by atoms with Crippen LogP contribution in [0.15, 0.2) is 6.20 Å². The molecule has 0 saturated heterocycles. The van der Waals surface area contributed by atoms with Crippen LogP contribution in [0.4, 0.5) is 5.95 Å². The summed E-state index contributed by atoms with van der Waals surface area (Å²) >= 11 is 0. The van der Waals surface area contributed by atoms with Crippen molar-refractivity contribution in [1.29, 1.82) is 0 Å². The van der Waals surface area contributed by atoms with Crippen LogP contribution >= 0.6 is 0 Å². The molecule has 2 bridgehead atoms. The Morgan fingerprint density at radius 1 is 1.29 bits per heavy atom. The third kappa shape index (κ3) is 2.39. The van der Waals surface area contributed by atoms with Crippen LogP contribution in [-0.2, 0) is 4.74 Å². The molecule has 3 fully saturated rings. The second kappa shape index (κ2) is 4.97. The third-order valence-corrected chi connectivity index (χ3v) is 5.24. The number of nitrogens with one attached hydrogen (secondary N) is 1. The Balaban J connectivity index is 1.56. The predicted molar refractivity (Wildman–Crippen MR) is 78.2 cm³/mol. The zero-order valence-corrected chi connectivity index (χ0v) is 12.3. The fourth-order valence-corrected chi connectivity index (χ4v) is 3.99. The number of nitrogens with zero attached hydrogens (tertiary/aromatic N) is 2. The van der Waals surface area contributed by atoms with Crippen molar-refractivity contribution in [2.75, 3.05) is 12.4 Å². The first kappa shape index (κ1) is 13.0. The lowest BCUT2D eigenvalue weighted by Gasteiger charge is -2.23. The van der Waals surface area contributed by atoms with Gasteiger partial charge >= 0.3 is 5.97 Å². The lowest BCUT2D eigenvalue weighted by Crippen LogP contribution is -2.27. The summed E-state index contributed by atoms with van der Waals surface area (Å²) < 4.78 is 4.83. The van der Waals surface area contributed by atoms with E-state index in [1.165, 1.54) is 32.8 Å². The minimum absolute atomic E-state index is 0.330. The molecule has 5 nitrogen and oxygen atoms in total. The molecule has 21 heavy (non-hydrogen) atoms. The van der Waals surface area contributed by atoms with Crippen molar-refractivity contribution in [3.8, 4) is 0 Å². The number of anilines is 1. The van der Waals surface area contributed by atoms with Crippen LogP contribution in [0.1, 0.15) is 60.5 Å². The van der Waals surface area contributed by atoms with Gasteiger partial charge in [0.15, 0.2) is 0 Å². The van der Waals surface area contributed by atoms with Crippen LogP contribution in [0, 0.1) is 11.8 Å². The van der Waals surface area contributed by atoms with E-state index in [-0.39, 0.29) is 5.97 Å². The molecule has 0 amide bonds. The van der Waals surface area contributed by atoms with Crippen molar-refractivity contribution in [2.45, 2.75) is 50.5 Å². The minimum atomic E-state index is -0.330. The highest BCUT2D eigenvalue weighted by atomic mass is 16.5. The molecule has 112 valence electrons. The summed E-state index contributed by atoms with van der Waals surface area (Å²) in [6.07, 6.45) is 9.15. The van der Waals surface area contributed by atoms with E-state index in [2.05, 4.69) is 15.3 Å². The van der Waals surface area contributed by atoms with Crippen molar-refractivity contribution >= 4 is 11.9 Å². The zero-order valence-electron chi connectivity index (χ0n) is 12.3. The number of aromatic nitrogens is 2. The Morgan fingerprint density at radius 3 is 2.76 bits per heavy atom. The minimum Gasteiger partial charge on any atom is -0.465 e. The molecule has 1 heterocycles. The molecule has 3 atom stereocenters. The molecule has 3 aliphatic rings. The quantitative estimate of drug-likeness (QED) is 0.863. The number of methoxy groups -OCH3 is 1. The van der Waals surface area contributed by atoms with Crippen molar-refractivity contribution in [3.63, 3.8) is 0 Å². The molecule has 0 unspecified atom stereocenters. The molecule has 0 radical (unpaired) electrons. The van der Waals surface area contributed by atoms with Gasteiger partial charge < -0.3 is 10.1 Å². The number of hydrogen-bond donors (Lipinski definition) is 1. The second-order valence-corrected chi connectivity index (χ2v) is 6.68. The fourth-order valence-electron chi connectivity index (χ4n) is 3.99. The Labute approximate surface area is 124 Å². The highest BCUT2D eigenvalue weighted by Gasteiger charge is 2.40. The van der Waals surface area contributed by atoms with E-state index in [0.717, 1.165) is 30.4 Å². The molecule has 3 saturated carbocycles. The Hall–Kier alpha value is -1.65. The van der Waals surface area contributed by atoms with Crippen molar-refractivity contribution in [2.24, 2.45) is 11.8 Å². The zero-order chi connectivity index (χ0) is 14.4. The molecular weight excluding hydrogens is 266 g/mol. The van der Waals surface area contributed by atoms with E-state index in [4.69, 9.17) is 4.74 Å². The van der Waals surface area contributed by atoms with E-state index in [9.17, 15) is 4.79 Å². The predicted octanol–water partition coefficient (Wildman–Crippen LogP) is 2.74. The highest BCUT2D eigenvalue weighted by molar-refractivity contribution is 5.90. The van der Waals surface area contributed by atoms with Crippen LogP contribution in [0.3, 0.4) is 0 Å². The standard InChI is InChI=1S/C16H21N3O2/c1-21-15(20)12-8-17-16(19-14(12)10-4-5-10)18-13-7-9-2-3-11(13)6-9/h8-11,13H,2-7H2,1H3,(H,17,18,19)/t9-,11+,13-/m1/s1. The Bertz CT molecular complexity index is 571. The van der Waals surface area contributed by atoms with Gasteiger partial charge in [0.1, 0.15) is 0 Å². The summed E-state index contributed by atoms with van der Waals surface area (Å²) in [5, 5.41) is 3.51. The van der Waals surface area contributed by atoms with E-state index in [1.54, 1.807) is 6.20 Å². The maximum absolute atomic E-state index is 11.8. The topological polar surface area (TPSA) is 64.1 Å². The summed E-state index contributed by atoms with van der Waals surface area (Å²) in [6, 6.07) is 0.514. The summed E-state index contributed by atoms with van der Waals surface area (Å²) in [5.41, 5.74) is 1.39. The van der Waals surface area contributed by atoms with E-state index in [1.807, 2.05) is 0 Å². The first-order chi connectivity index (χ1) is 10.2. The van der Waals surface area contributed by atoms with Crippen LogP contribution < -0.4 is 5.32 Å². The van der Waals surface area contributed by atoms with Crippen molar-refractivity contribution < 1.29 is 9.53 Å². The smallest absolute Gasteiger partial charge is 0.341 e. The molecule has 0 spiro atoms. The SMILES string of the molecule is COC(=O)c1cnc(N[C@@H]2C[C@@H]3CC[C@H]2C3)nc1C1CC1. The number of fused-ring (bicyclic) bond motifs is 2. The van der Waals surface area contributed by atoms with Crippen LogP contribution in [0.5, 0.6) is 0 Å². The van der Waals surface area contributed by atoms with Gasteiger partial charge in [-0.05, 0) is 43.9 Å². The lowest BCUT2D eigenvalue weighted by atomic mass is 9.95. The number of hydrogen-bond acceptors (Lipinski definition) is 5. The van der Waals surface area contributed by atoms with Crippen LogP contribution in [-0.4, -0.2) is 29.1 Å². The average Bonchev–Trinajstić information content (AvgIpc) is 3.16. The number of esters is 1. The lowest BCUT2D eigenvalue weighted by molar-refractivity contribution is 0.0598. The summed E-state index contributed by atoms with van der Waals surface area (Å²) in [5.74, 6) is 2.43. The molecule has 1 N–H and O–H groups in total. The maximum Gasteiger partial charge on any atom is 0.341 e. The molecule has 0 aromatic carbocycles. The number of ether oxygens (including phenoxy) is 1. The molecule has 0 aliphatic heterocycles. The molecule has 4 rings (SSSR count). The molecular formula is C16H21N3O2. The second-order valence-electron chi connectivity index (χ2n) is 6.68. The maximum atomic E-state index is 11.8. The summed E-state index contributed by atoms with van der Waals surface area (Å²) in [6.45, 7) is 0. The normalized spacial score (nSPS) is 30.4. The molecule has 1 aromatic rings. The first-order valence-electron chi connectivity index (χ1n) is 7.96. The van der Waals surface area contributed by atoms with Gasteiger partial charge in [-0.2, -0.15) is 0 Å². The average molecular weight is 287 g/mol. The Morgan fingerprint density at radius 2 is 2.14 bits per heavy atom. The van der Waals surface area contributed by atoms with Crippen molar-refractivity contribution in [3.05, 3.63) is 17.5 Å². The molecule has 3 aliphatic carbocycles. The van der Waals surface area contributed by atoms with E-state index in [0.29, 0.717) is 23.5 Å². The highest BCUT2D eigenvalue weighted by Crippen LogP contribution is 2.45. The van der Waals surface area contributed by atoms with Gasteiger partial charge in [-0.15, -0.1) is 0 Å². The monoisotopic (exact) mass is 287 g/mol. The van der Waals surface area contributed by atoms with Gasteiger partial charge in [-0.1, -0.05) is 6.42 Å². The molecule has 1 aromatic heterocycles. The summed E-state index contributed by atoms with van der Waals surface area (Å²) in [4.78, 5) is 20.8. The van der Waals surface area contributed by atoms with E-state index < -0.39 is 0 Å². The fraction of sp³-hybridized carbons (Fsp3) is 0.688. The Kier molecular flexibility index (Phi) is 3.08. The van der Waals surface area contributed by atoms with Gasteiger partial charge in [-0.3, -0.25) is 0 Å². The summed E-state index contributed by atoms with van der Waals surface area (Å²) in [7, 11) is 1.40. The number of carbonyl (C=O) groups is 1. The van der Waals surface area contributed by atoms with Gasteiger partial charge in [-0.25, -0.2) is 14.8 Å². The molecule has 5 heteroatoms. The number of carbonyl (C=O) groups excluding carboxylic acids is 1. The van der Waals surface area contributed by atoms with Gasteiger partial charge in [0.25, 0.3) is 0 Å². The van der Waals surface area contributed by atoms with E-state index >= 15 is 0 Å². The third-order valence-electron chi connectivity index (χ3n) is 5.24. The first-order valence-corrected chi connectivity index (χ1v) is 7.96. The number of rotatable bonds is 4. The van der Waals surface area contributed by atoms with Crippen LogP contribution in [0.25, 0.3) is 0 Å². The van der Waals surface area contributed by atoms with Crippen molar-refractivity contribution in [1.82, 2.24) is 9.97 Å². The van der Waals surface area contributed by atoms with Crippen LogP contribution in [0.2, 0.25) is 0 Å². The largest absolute Gasteiger partial charge is 0.465 e. The van der Waals surface area contributed by atoms with Gasteiger partial charge in [0.2, 0.25) is 5.95 Å². The van der Waals surface area contributed by atoms with Gasteiger partial charge in [0, 0.05) is 18.2 Å². The van der Waals surface area contributed by atoms with Gasteiger partial charge in [0.05, 0.1) is 18.4 Å².